The zero-order valence-corrected chi connectivity index (χ0v) is 21.9. The van der Waals surface area contributed by atoms with Crippen LogP contribution < -0.4 is 10.6 Å². The van der Waals surface area contributed by atoms with Crippen LogP contribution in [0.3, 0.4) is 0 Å². The van der Waals surface area contributed by atoms with Crippen molar-refractivity contribution in [3.05, 3.63) is 101 Å². The van der Waals surface area contributed by atoms with Crippen LogP contribution >= 0.6 is 11.6 Å². The average molecular weight is 563 g/mol. The number of pyridine rings is 2. The third kappa shape index (κ3) is 5.82. The number of benzene rings is 1. The maximum absolute atomic E-state index is 13.8. The Morgan fingerprint density at radius 3 is 2.73 bits per heavy atom. The summed E-state index contributed by atoms with van der Waals surface area (Å²) in [4.78, 5) is 7.71. The second kappa shape index (κ2) is 11.2. The Morgan fingerprint density at radius 1 is 1.23 bits per heavy atom. The molecule has 8 nitrogen and oxygen atoms in total. The van der Waals surface area contributed by atoms with E-state index < -0.39 is 17.8 Å². The molecule has 1 aromatic carbocycles. The molecule has 202 valence electrons. The van der Waals surface area contributed by atoms with E-state index in [4.69, 9.17) is 11.6 Å². The molecule has 3 aromatic heterocycles. The lowest BCUT2D eigenvalue weighted by Crippen LogP contribution is -2.13. The highest BCUT2D eigenvalue weighted by Crippen LogP contribution is 2.38. The molecular formula is C28H22ClF3N8. The van der Waals surface area contributed by atoms with Crippen LogP contribution in [0.4, 0.5) is 30.2 Å². The minimum Gasteiger partial charge on any atom is -0.373 e. The molecule has 40 heavy (non-hydrogen) atoms. The van der Waals surface area contributed by atoms with Crippen molar-refractivity contribution >= 4 is 39.6 Å². The van der Waals surface area contributed by atoms with Crippen LogP contribution in [0, 0.1) is 23.1 Å². The first-order valence-electron chi connectivity index (χ1n) is 12.2. The van der Waals surface area contributed by atoms with Gasteiger partial charge in [0.1, 0.15) is 11.8 Å². The Hall–Kier alpha value is -4.69. The lowest BCUT2D eigenvalue weighted by molar-refractivity contribution is 0.480. The second-order valence-corrected chi connectivity index (χ2v) is 9.66. The van der Waals surface area contributed by atoms with E-state index in [1.165, 1.54) is 19.2 Å². The number of hydrogen-bond acceptors (Lipinski definition) is 7. The molecule has 0 spiro atoms. The van der Waals surface area contributed by atoms with Crippen LogP contribution in [0.2, 0.25) is 5.02 Å². The van der Waals surface area contributed by atoms with Gasteiger partial charge in [0, 0.05) is 23.3 Å². The summed E-state index contributed by atoms with van der Waals surface area (Å²) in [5.41, 5.74) is 2.63. The lowest BCUT2D eigenvalue weighted by Gasteiger charge is -2.20. The van der Waals surface area contributed by atoms with E-state index in [2.05, 4.69) is 43.6 Å². The summed E-state index contributed by atoms with van der Waals surface area (Å²) in [6, 6.07) is 6.11. The van der Waals surface area contributed by atoms with Crippen LogP contribution in [-0.4, -0.2) is 25.0 Å². The van der Waals surface area contributed by atoms with Gasteiger partial charge in [-0.1, -0.05) is 35.5 Å². The molecule has 4 aromatic rings. The van der Waals surface area contributed by atoms with Crippen molar-refractivity contribution in [3.63, 3.8) is 0 Å². The third-order valence-electron chi connectivity index (χ3n) is 6.17. The highest BCUT2D eigenvalue weighted by Gasteiger charge is 2.27. The molecule has 1 aliphatic rings. The highest BCUT2D eigenvalue weighted by molar-refractivity contribution is 6.36. The molecule has 1 saturated carbocycles. The molecule has 0 unspecified atom stereocenters. The maximum atomic E-state index is 13.8. The molecule has 12 heteroatoms. The van der Waals surface area contributed by atoms with Crippen molar-refractivity contribution in [3.8, 4) is 6.07 Å². The summed E-state index contributed by atoms with van der Waals surface area (Å²) in [5.74, 6) is -2.74. The van der Waals surface area contributed by atoms with Gasteiger partial charge in [0.15, 0.2) is 5.82 Å². The number of nitrogens with zero attached hydrogens (tertiary/aromatic N) is 6. The van der Waals surface area contributed by atoms with Crippen molar-refractivity contribution < 1.29 is 13.2 Å². The van der Waals surface area contributed by atoms with Gasteiger partial charge in [0.05, 0.1) is 57.8 Å². The molecule has 0 saturated heterocycles. The Balaban J connectivity index is 1.56. The first kappa shape index (κ1) is 26.9. The molecule has 1 aliphatic carbocycles. The Morgan fingerprint density at radius 2 is 2.02 bits per heavy atom. The lowest BCUT2D eigenvalue weighted by atomic mass is 10.0. The van der Waals surface area contributed by atoms with Gasteiger partial charge in [-0.25, -0.2) is 18.4 Å². The van der Waals surface area contributed by atoms with Gasteiger partial charge in [0.25, 0.3) is 0 Å². The fourth-order valence-electron chi connectivity index (χ4n) is 4.06. The van der Waals surface area contributed by atoms with E-state index in [-0.39, 0.29) is 27.8 Å². The number of fused-ring (bicyclic) bond motifs is 1. The quantitative estimate of drug-likeness (QED) is 0.164. The Labute approximate surface area is 232 Å². The summed E-state index contributed by atoms with van der Waals surface area (Å²) in [7, 11) is 0. The molecule has 3 heterocycles. The topological polar surface area (TPSA) is 104 Å². The van der Waals surface area contributed by atoms with Crippen molar-refractivity contribution in [2.24, 2.45) is 0 Å². The number of nitriles is 1. The second-order valence-electron chi connectivity index (χ2n) is 9.25. The Kier molecular flexibility index (Phi) is 7.53. The van der Waals surface area contributed by atoms with Gasteiger partial charge in [-0.3, -0.25) is 4.98 Å². The van der Waals surface area contributed by atoms with E-state index >= 15 is 0 Å². The summed E-state index contributed by atoms with van der Waals surface area (Å²) < 4.78 is 42.3. The monoisotopic (exact) mass is 562 g/mol. The molecule has 0 aliphatic heterocycles. The minimum absolute atomic E-state index is 0.127. The van der Waals surface area contributed by atoms with Gasteiger partial charge in [-0.15, -0.1) is 5.10 Å². The van der Waals surface area contributed by atoms with E-state index in [1.54, 1.807) is 29.0 Å². The summed E-state index contributed by atoms with van der Waals surface area (Å²) in [6.45, 7) is 5.48. The number of halogens is 4. The van der Waals surface area contributed by atoms with Crippen molar-refractivity contribution in [2.75, 3.05) is 10.6 Å². The van der Waals surface area contributed by atoms with E-state index in [1.807, 2.05) is 6.20 Å². The van der Waals surface area contributed by atoms with Crippen LogP contribution in [0.15, 0.2) is 73.0 Å². The standard InChI is InChI=1S/C28H22ClF3N8/c1-15(4-3-5-16(2)30)25(24-14-40(39-38-24)20-6-7-20)36-18-8-21-26(37-19-10-23(31)28(32)35-13-19)17(11-33)12-34-27(21)22(29)9-18/h3-5,8-10,12-14,20,25,36H,1,6-7H2,2H3,(H,34,37)/b4-3-,16-5+/t25-/m0/s1. The maximum Gasteiger partial charge on any atom is 0.249 e. The summed E-state index contributed by atoms with van der Waals surface area (Å²) in [6.07, 6.45) is 10.9. The summed E-state index contributed by atoms with van der Waals surface area (Å²) >= 11 is 6.61. The van der Waals surface area contributed by atoms with Crippen molar-refractivity contribution in [1.82, 2.24) is 25.0 Å². The number of rotatable bonds is 9. The van der Waals surface area contributed by atoms with Crippen LogP contribution in [0.5, 0.6) is 0 Å². The molecule has 0 amide bonds. The SMILES string of the molecule is C=C(/C=C\C=C(/C)F)[C@H](Nc1cc(Cl)c2ncc(C#N)c(Nc3cnc(F)c(F)c3)c2c1)c1cn(C2CC2)nn1. The third-order valence-corrected chi connectivity index (χ3v) is 6.46. The zero-order chi connectivity index (χ0) is 28.4. The van der Waals surface area contributed by atoms with E-state index in [0.29, 0.717) is 33.9 Å². The fraction of sp³-hybridized carbons (Fsp3) is 0.179. The van der Waals surface area contributed by atoms with E-state index in [0.717, 1.165) is 25.1 Å². The van der Waals surface area contributed by atoms with Gasteiger partial charge in [-0.2, -0.15) is 9.65 Å². The van der Waals surface area contributed by atoms with E-state index in [9.17, 15) is 18.4 Å². The summed E-state index contributed by atoms with van der Waals surface area (Å²) in [5, 5.41) is 25.3. The van der Waals surface area contributed by atoms with Crippen LogP contribution in [0.25, 0.3) is 10.9 Å². The first-order valence-corrected chi connectivity index (χ1v) is 12.6. The first-order chi connectivity index (χ1) is 19.2. The van der Waals surface area contributed by atoms with Crippen molar-refractivity contribution in [2.45, 2.75) is 31.8 Å². The molecule has 1 fully saturated rings. The highest BCUT2D eigenvalue weighted by atomic mass is 35.5. The largest absolute Gasteiger partial charge is 0.373 e. The van der Waals surface area contributed by atoms with Crippen LogP contribution in [0.1, 0.15) is 43.1 Å². The molecule has 0 bridgehead atoms. The molecular weight excluding hydrogens is 541 g/mol. The number of aromatic nitrogens is 5. The fourth-order valence-corrected chi connectivity index (χ4v) is 4.33. The molecule has 5 rings (SSSR count). The Bertz CT molecular complexity index is 1710. The minimum atomic E-state index is -1.24. The molecule has 2 N–H and O–H groups in total. The zero-order valence-electron chi connectivity index (χ0n) is 21.2. The number of hydrogen-bond donors (Lipinski definition) is 2. The number of anilines is 3. The van der Waals surface area contributed by atoms with Crippen molar-refractivity contribution in [1.29, 1.82) is 5.26 Å². The molecule has 0 radical (unpaired) electrons. The average Bonchev–Trinajstić information content (AvgIpc) is 3.66. The normalized spacial score (nSPS) is 14.3. The van der Waals surface area contributed by atoms with Gasteiger partial charge in [-0.05, 0) is 43.5 Å². The predicted octanol–water partition coefficient (Wildman–Crippen LogP) is 7.24. The van der Waals surface area contributed by atoms with Gasteiger partial charge >= 0.3 is 0 Å². The smallest absolute Gasteiger partial charge is 0.249 e. The van der Waals surface area contributed by atoms with Gasteiger partial charge < -0.3 is 10.6 Å². The number of nitrogens with one attached hydrogen (secondary N) is 2. The molecule has 1 atom stereocenters. The van der Waals surface area contributed by atoms with Crippen LogP contribution in [-0.2, 0) is 0 Å². The van der Waals surface area contributed by atoms with Gasteiger partial charge in [0.2, 0.25) is 5.95 Å². The predicted molar refractivity (Wildman–Crippen MR) is 147 cm³/mol. The number of allylic oxidation sites excluding steroid dienone is 3.